The van der Waals surface area contributed by atoms with Crippen LogP contribution >= 0.6 is 15.9 Å². The highest BCUT2D eigenvalue weighted by Gasteiger charge is 2.17. The number of carbonyl (C=O) groups excluding carboxylic acids is 1. The predicted octanol–water partition coefficient (Wildman–Crippen LogP) is 3.65. The standard InChI is InChI=1S/C12H13BrF2O3/c1-3-17-9-5-4-8(11(16)7(2)13)6-10(9)18-12(14)15/h4-7,12H,3H2,1-2H3. The molecule has 0 N–H and O–H groups in total. The highest BCUT2D eigenvalue weighted by atomic mass is 79.9. The molecule has 0 radical (unpaired) electrons. The maximum atomic E-state index is 12.3. The Morgan fingerprint density at radius 2 is 2.06 bits per heavy atom. The van der Waals surface area contributed by atoms with E-state index in [0.29, 0.717) is 12.2 Å². The second-order valence-electron chi connectivity index (χ2n) is 3.45. The summed E-state index contributed by atoms with van der Waals surface area (Å²) in [4.78, 5) is 11.3. The summed E-state index contributed by atoms with van der Waals surface area (Å²) in [6, 6.07) is 4.23. The molecule has 0 amide bonds. The van der Waals surface area contributed by atoms with Gasteiger partial charge in [0.05, 0.1) is 11.4 Å². The number of carbonyl (C=O) groups is 1. The van der Waals surface area contributed by atoms with Gasteiger partial charge in [-0.3, -0.25) is 4.79 Å². The number of hydrogen-bond donors (Lipinski definition) is 0. The van der Waals surface area contributed by atoms with Crippen LogP contribution in [0.15, 0.2) is 18.2 Å². The Morgan fingerprint density at radius 1 is 1.39 bits per heavy atom. The van der Waals surface area contributed by atoms with Crippen LogP contribution in [-0.2, 0) is 0 Å². The number of rotatable bonds is 6. The van der Waals surface area contributed by atoms with E-state index in [1.807, 2.05) is 0 Å². The molecule has 0 fully saturated rings. The van der Waals surface area contributed by atoms with E-state index >= 15 is 0 Å². The van der Waals surface area contributed by atoms with Gasteiger partial charge in [-0.1, -0.05) is 15.9 Å². The fraction of sp³-hybridized carbons (Fsp3) is 0.417. The highest BCUT2D eigenvalue weighted by Crippen LogP contribution is 2.30. The van der Waals surface area contributed by atoms with E-state index in [4.69, 9.17) is 4.74 Å². The van der Waals surface area contributed by atoms with Crippen molar-refractivity contribution >= 4 is 21.7 Å². The van der Waals surface area contributed by atoms with Crippen molar-refractivity contribution in [3.05, 3.63) is 23.8 Å². The molecule has 0 saturated carbocycles. The van der Waals surface area contributed by atoms with Gasteiger partial charge in [-0.05, 0) is 32.0 Å². The summed E-state index contributed by atoms with van der Waals surface area (Å²) in [6.45, 7) is 0.746. The molecule has 1 aromatic carbocycles. The Bertz CT molecular complexity index is 422. The molecule has 0 aliphatic rings. The number of halogens is 3. The Balaban J connectivity index is 3.08. The van der Waals surface area contributed by atoms with Gasteiger partial charge in [0.2, 0.25) is 0 Å². The summed E-state index contributed by atoms with van der Waals surface area (Å²) in [5.41, 5.74) is 0.290. The molecular formula is C12H13BrF2O3. The van der Waals surface area contributed by atoms with Crippen molar-refractivity contribution in [1.29, 1.82) is 0 Å². The van der Waals surface area contributed by atoms with E-state index < -0.39 is 11.4 Å². The molecule has 0 saturated heterocycles. The molecule has 0 heterocycles. The molecular weight excluding hydrogens is 310 g/mol. The molecule has 100 valence electrons. The monoisotopic (exact) mass is 322 g/mol. The third-order valence-corrected chi connectivity index (χ3v) is 2.52. The topological polar surface area (TPSA) is 35.5 Å². The van der Waals surface area contributed by atoms with Crippen LogP contribution in [0.4, 0.5) is 8.78 Å². The van der Waals surface area contributed by atoms with Gasteiger partial charge in [0.1, 0.15) is 0 Å². The third-order valence-electron chi connectivity index (χ3n) is 2.11. The SMILES string of the molecule is CCOc1ccc(C(=O)C(C)Br)cc1OC(F)F. The minimum absolute atomic E-state index is 0.133. The van der Waals surface area contributed by atoms with Gasteiger partial charge in [-0.15, -0.1) is 0 Å². The predicted molar refractivity (Wildman–Crippen MR) is 67.0 cm³/mol. The number of benzene rings is 1. The maximum absolute atomic E-state index is 12.3. The first kappa shape index (κ1) is 14.9. The Kier molecular flexibility index (Phi) is 5.53. The zero-order valence-corrected chi connectivity index (χ0v) is 11.5. The van der Waals surface area contributed by atoms with Crippen molar-refractivity contribution in [3.8, 4) is 11.5 Å². The zero-order chi connectivity index (χ0) is 13.7. The summed E-state index contributed by atoms with van der Waals surface area (Å²) >= 11 is 3.13. The molecule has 6 heteroatoms. The summed E-state index contributed by atoms with van der Waals surface area (Å²) < 4.78 is 34.0. The molecule has 0 aromatic heterocycles. The minimum atomic E-state index is -2.96. The first-order valence-electron chi connectivity index (χ1n) is 5.35. The molecule has 0 aliphatic heterocycles. The van der Waals surface area contributed by atoms with E-state index in [2.05, 4.69) is 20.7 Å². The van der Waals surface area contributed by atoms with Crippen molar-refractivity contribution in [2.45, 2.75) is 25.3 Å². The lowest BCUT2D eigenvalue weighted by atomic mass is 10.1. The molecule has 0 aliphatic carbocycles. The van der Waals surface area contributed by atoms with E-state index in [-0.39, 0.29) is 17.3 Å². The highest BCUT2D eigenvalue weighted by molar-refractivity contribution is 9.10. The van der Waals surface area contributed by atoms with E-state index in [9.17, 15) is 13.6 Å². The van der Waals surface area contributed by atoms with Gasteiger partial charge in [-0.25, -0.2) is 0 Å². The quantitative estimate of drug-likeness (QED) is 0.592. The lowest BCUT2D eigenvalue weighted by Crippen LogP contribution is -2.11. The number of ketones is 1. The Hall–Kier alpha value is -1.17. The van der Waals surface area contributed by atoms with Gasteiger partial charge in [0.15, 0.2) is 17.3 Å². The van der Waals surface area contributed by atoms with Crippen LogP contribution in [0.5, 0.6) is 11.5 Å². The lowest BCUT2D eigenvalue weighted by molar-refractivity contribution is -0.0514. The van der Waals surface area contributed by atoms with Gasteiger partial charge in [-0.2, -0.15) is 8.78 Å². The summed E-state index contributed by atoms with van der Waals surface area (Å²) in [5, 5.41) is 0. The van der Waals surface area contributed by atoms with Crippen LogP contribution in [0.25, 0.3) is 0 Å². The molecule has 0 spiro atoms. The van der Waals surface area contributed by atoms with Crippen LogP contribution in [0.2, 0.25) is 0 Å². The Labute approximate surface area is 112 Å². The van der Waals surface area contributed by atoms with Crippen molar-refractivity contribution in [2.75, 3.05) is 6.61 Å². The molecule has 3 nitrogen and oxygen atoms in total. The van der Waals surface area contributed by atoms with Crippen molar-refractivity contribution in [3.63, 3.8) is 0 Å². The summed E-state index contributed by atoms with van der Waals surface area (Å²) in [7, 11) is 0. The van der Waals surface area contributed by atoms with Gasteiger partial charge in [0.25, 0.3) is 0 Å². The molecule has 1 rings (SSSR count). The summed E-state index contributed by atoms with van der Waals surface area (Å²) in [5.74, 6) is -0.153. The molecule has 1 atom stereocenters. The lowest BCUT2D eigenvalue weighted by Gasteiger charge is -2.12. The largest absolute Gasteiger partial charge is 0.490 e. The molecule has 18 heavy (non-hydrogen) atoms. The van der Waals surface area contributed by atoms with Crippen LogP contribution in [0.3, 0.4) is 0 Å². The van der Waals surface area contributed by atoms with Crippen LogP contribution in [0, 0.1) is 0 Å². The summed E-state index contributed by atoms with van der Waals surface area (Å²) in [6.07, 6.45) is 0. The van der Waals surface area contributed by atoms with Crippen molar-refractivity contribution < 1.29 is 23.0 Å². The fourth-order valence-corrected chi connectivity index (χ4v) is 1.62. The van der Waals surface area contributed by atoms with Crippen LogP contribution in [0.1, 0.15) is 24.2 Å². The number of hydrogen-bond acceptors (Lipinski definition) is 3. The van der Waals surface area contributed by atoms with E-state index in [1.165, 1.54) is 18.2 Å². The average molecular weight is 323 g/mol. The minimum Gasteiger partial charge on any atom is -0.490 e. The van der Waals surface area contributed by atoms with Crippen molar-refractivity contribution in [2.24, 2.45) is 0 Å². The second kappa shape index (κ2) is 6.68. The normalized spacial score (nSPS) is 12.3. The first-order valence-corrected chi connectivity index (χ1v) is 6.27. The number of Topliss-reactive ketones (excluding diaryl/α,β-unsaturated/α-hetero) is 1. The number of ether oxygens (including phenoxy) is 2. The van der Waals surface area contributed by atoms with E-state index in [0.717, 1.165) is 0 Å². The number of alkyl halides is 3. The van der Waals surface area contributed by atoms with Gasteiger partial charge < -0.3 is 9.47 Å². The van der Waals surface area contributed by atoms with Crippen molar-refractivity contribution in [1.82, 2.24) is 0 Å². The first-order chi connectivity index (χ1) is 8.45. The van der Waals surface area contributed by atoms with Gasteiger partial charge >= 0.3 is 6.61 Å². The molecule has 1 unspecified atom stereocenters. The third kappa shape index (κ3) is 3.94. The molecule has 1 aromatic rings. The maximum Gasteiger partial charge on any atom is 0.387 e. The second-order valence-corrected chi connectivity index (χ2v) is 4.83. The Morgan fingerprint density at radius 3 is 2.56 bits per heavy atom. The van der Waals surface area contributed by atoms with E-state index in [1.54, 1.807) is 13.8 Å². The van der Waals surface area contributed by atoms with Crippen LogP contribution < -0.4 is 9.47 Å². The van der Waals surface area contributed by atoms with Crippen LogP contribution in [-0.4, -0.2) is 23.8 Å². The molecule has 0 bridgehead atoms. The smallest absolute Gasteiger partial charge is 0.387 e. The average Bonchev–Trinajstić information content (AvgIpc) is 2.30. The fourth-order valence-electron chi connectivity index (χ4n) is 1.35. The van der Waals surface area contributed by atoms with Gasteiger partial charge in [0, 0.05) is 5.56 Å². The zero-order valence-electron chi connectivity index (χ0n) is 9.95.